The van der Waals surface area contributed by atoms with Crippen LogP contribution < -0.4 is 5.32 Å². The molecule has 1 heterocycles. The van der Waals surface area contributed by atoms with Crippen molar-refractivity contribution in [2.24, 2.45) is 0 Å². The standard InChI is InChI=1S/C17H16ClNO3S/c18-15-6-3-12(4-7-15)11-19-17(20)14-5-8-16-13(10-14)2-1-9-23(16,21)22/h3-8,10H,1-2,9,11H2,(H,19,20). The molecule has 0 saturated carbocycles. The fourth-order valence-corrected chi connectivity index (χ4v) is 4.37. The lowest BCUT2D eigenvalue weighted by molar-refractivity contribution is 0.0950. The van der Waals surface area contributed by atoms with Gasteiger partial charge in [-0.05, 0) is 54.3 Å². The van der Waals surface area contributed by atoms with E-state index >= 15 is 0 Å². The monoisotopic (exact) mass is 349 g/mol. The van der Waals surface area contributed by atoms with Crippen LogP contribution in [0.1, 0.15) is 27.9 Å². The van der Waals surface area contributed by atoms with E-state index in [1.165, 1.54) is 0 Å². The third kappa shape index (κ3) is 3.57. The van der Waals surface area contributed by atoms with Gasteiger partial charge in [-0.2, -0.15) is 0 Å². The van der Waals surface area contributed by atoms with Gasteiger partial charge >= 0.3 is 0 Å². The molecule has 2 aromatic carbocycles. The van der Waals surface area contributed by atoms with Crippen molar-refractivity contribution in [3.8, 4) is 0 Å². The number of amides is 1. The number of hydrogen-bond acceptors (Lipinski definition) is 3. The molecule has 3 rings (SSSR count). The summed E-state index contributed by atoms with van der Waals surface area (Å²) in [7, 11) is -3.19. The molecule has 2 aromatic rings. The summed E-state index contributed by atoms with van der Waals surface area (Å²) in [6.45, 7) is 0.394. The predicted octanol–water partition coefficient (Wildman–Crippen LogP) is 2.99. The highest BCUT2D eigenvalue weighted by Crippen LogP contribution is 2.25. The van der Waals surface area contributed by atoms with Gasteiger partial charge in [0.05, 0.1) is 10.6 Å². The average Bonchev–Trinajstić information content (AvgIpc) is 2.53. The van der Waals surface area contributed by atoms with Crippen LogP contribution in [0.3, 0.4) is 0 Å². The van der Waals surface area contributed by atoms with Crippen molar-refractivity contribution in [3.63, 3.8) is 0 Å². The van der Waals surface area contributed by atoms with Crippen LogP contribution in [-0.4, -0.2) is 20.1 Å². The normalized spacial score (nSPS) is 15.7. The molecule has 0 unspecified atom stereocenters. The average molecular weight is 350 g/mol. The maximum Gasteiger partial charge on any atom is 0.251 e. The molecule has 0 bridgehead atoms. The number of hydrogen-bond donors (Lipinski definition) is 1. The van der Waals surface area contributed by atoms with Crippen molar-refractivity contribution in [2.75, 3.05) is 5.75 Å². The van der Waals surface area contributed by atoms with Crippen molar-refractivity contribution in [1.29, 1.82) is 0 Å². The first-order valence-corrected chi connectivity index (χ1v) is 9.37. The van der Waals surface area contributed by atoms with E-state index < -0.39 is 9.84 Å². The van der Waals surface area contributed by atoms with E-state index in [4.69, 9.17) is 11.6 Å². The second kappa shape index (κ2) is 6.34. The fraction of sp³-hybridized carbons (Fsp3) is 0.235. The van der Waals surface area contributed by atoms with Crippen molar-refractivity contribution in [1.82, 2.24) is 5.32 Å². The highest BCUT2D eigenvalue weighted by atomic mass is 35.5. The molecule has 1 N–H and O–H groups in total. The molecule has 0 saturated heterocycles. The summed E-state index contributed by atoms with van der Waals surface area (Å²) in [5.41, 5.74) is 2.16. The number of aryl methyl sites for hydroxylation is 1. The van der Waals surface area contributed by atoms with Crippen LogP contribution in [0.25, 0.3) is 0 Å². The van der Waals surface area contributed by atoms with Crippen LogP contribution in [-0.2, 0) is 22.8 Å². The fourth-order valence-electron chi connectivity index (χ4n) is 2.67. The van der Waals surface area contributed by atoms with E-state index in [1.807, 2.05) is 12.1 Å². The molecule has 0 radical (unpaired) electrons. The lowest BCUT2D eigenvalue weighted by Gasteiger charge is -2.17. The van der Waals surface area contributed by atoms with Crippen LogP contribution in [0, 0.1) is 0 Å². The molecule has 1 amide bonds. The van der Waals surface area contributed by atoms with Crippen LogP contribution >= 0.6 is 11.6 Å². The minimum atomic E-state index is -3.19. The number of benzene rings is 2. The Balaban J connectivity index is 1.74. The zero-order valence-electron chi connectivity index (χ0n) is 12.4. The molecule has 1 aliphatic rings. The molecule has 23 heavy (non-hydrogen) atoms. The molecule has 0 spiro atoms. The molecule has 0 aliphatic carbocycles. The molecular weight excluding hydrogens is 334 g/mol. The van der Waals surface area contributed by atoms with E-state index in [9.17, 15) is 13.2 Å². The maximum absolute atomic E-state index is 12.2. The van der Waals surface area contributed by atoms with Crippen LogP contribution in [0.15, 0.2) is 47.4 Å². The molecule has 0 atom stereocenters. The van der Waals surface area contributed by atoms with Gasteiger partial charge in [-0.1, -0.05) is 23.7 Å². The van der Waals surface area contributed by atoms with Crippen molar-refractivity contribution in [2.45, 2.75) is 24.3 Å². The molecule has 4 nitrogen and oxygen atoms in total. The highest BCUT2D eigenvalue weighted by Gasteiger charge is 2.24. The molecule has 120 valence electrons. The second-order valence-corrected chi connectivity index (χ2v) is 8.07. The van der Waals surface area contributed by atoms with Crippen molar-refractivity contribution >= 4 is 27.3 Å². The number of carbonyl (C=O) groups excluding carboxylic acids is 1. The van der Waals surface area contributed by atoms with Crippen LogP contribution in [0.5, 0.6) is 0 Å². The minimum Gasteiger partial charge on any atom is -0.348 e. The predicted molar refractivity (Wildman–Crippen MR) is 89.4 cm³/mol. The van der Waals surface area contributed by atoms with Gasteiger partial charge < -0.3 is 5.32 Å². The summed E-state index contributed by atoms with van der Waals surface area (Å²) in [5.74, 6) is -0.0343. The summed E-state index contributed by atoms with van der Waals surface area (Å²) in [5, 5.41) is 3.48. The summed E-state index contributed by atoms with van der Waals surface area (Å²) >= 11 is 5.82. The SMILES string of the molecule is O=C(NCc1ccc(Cl)cc1)c1ccc2c(c1)CCCS2(=O)=O. The third-order valence-electron chi connectivity index (χ3n) is 3.88. The van der Waals surface area contributed by atoms with Crippen LogP contribution in [0.2, 0.25) is 5.02 Å². The van der Waals surface area contributed by atoms with E-state index in [-0.39, 0.29) is 11.7 Å². The van der Waals surface area contributed by atoms with Gasteiger partial charge in [0.15, 0.2) is 9.84 Å². The second-order valence-electron chi connectivity index (χ2n) is 5.55. The van der Waals surface area contributed by atoms with Gasteiger partial charge in [-0.3, -0.25) is 4.79 Å². The quantitative estimate of drug-likeness (QED) is 0.926. The van der Waals surface area contributed by atoms with Crippen molar-refractivity contribution < 1.29 is 13.2 Å². The van der Waals surface area contributed by atoms with Gasteiger partial charge in [0, 0.05) is 17.1 Å². The number of carbonyl (C=O) groups is 1. The van der Waals surface area contributed by atoms with E-state index in [1.54, 1.807) is 30.3 Å². The van der Waals surface area contributed by atoms with E-state index in [2.05, 4.69) is 5.32 Å². The van der Waals surface area contributed by atoms with E-state index in [0.717, 1.165) is 11.1 Å². The smallest absolute Gasteiger partial charge is 0.251 e. The first kappa shape index (κ1) is 16.0. The number of rotatable bonds is 3. The highest BCUT2D eigenvalue weighted by molar-refractivity contribution is 7.91. The summed E-state index contributed by atoms with van der Waals surface area (Å²) < 4.78 is 24.0. The van der Waals surface area contributed by atoms with Crippen molar-refractivity contribution in [3.05, 3.63) is 64.2 Å². The zero-order valence-corrected chi connectivity index (χ0v) is 14.0. The lowest BCUT2D eigenvalue weighted by atomic mass is 10.1. The first-order chi connectivity index (χ1) is 11.0. The number of nitrogens with one attached hydrogen (secondary N) is 1. The summed E-state index contributed by atoms with van der Waals surface area (Å²) in [6, 6.07) is 12.0. The van der Waals surface area contributed by atoms with Gasteiger partial charge in [0.2, 0.25) is 0 Å². The Morgan fingerprint density at radius 3 is 2.61 bits per heavy atom. The largest absolute Gasteiger partial charge is 0.348 e. The summed E-state index contributed by atoms with van der Waals surface area (Å²) in [6.07, 6.45) is 1.29. The van der Waals surface area contributed by atoms with Crippen LogP contribution in [0.4, 0.5) is 0 Å². The third-order valence-corrected chi connectivity index (χ3v) is 6.03. The zero-order chi connectivity index (χ0) is 16.4. The van der Waals surface area contributed by atoms with Gasteiger partial charge in [-0.25, -0.2) is 8.42 Å². The minimum absolute atomic E-state index is 0.183. The Bertz CT molecular complexity index is 845. The van der Waals surface area contributed by atoms with Gasteiger partial charge in [0.25, 0.3) is 5.91 Å². The molecule has 6 heteroatoms. The first-order valence-electron chi connectivity index (χ1n) is 7.34. The Kier molecular flexibility index (Phi) is 4.41. The summed E-state index contributed by atoms with van der Waals surface area (Å²) in [4.78, 5) is 12.6. The maximum atomic E-state index is 12.2. The topological polar surface area (TPSA) is 63.2 Å². The van der Waals surface area contributed by atoms with Gasteiger partial charge in [0.1, 0.15) is 0 Å². The molecule has 0 aromatic heterocycles. The Labute approximate surface area is 140 Å². The molecule has 0 fully saturated rings. The number of halogens is 1. The lowest BCUT2D eigenvalue weighted by Crippen LogP contribution is -2.24. The molecular formula is C17H16ClNO3S. The number of fused-ring (bicyclic) bond motifs is 1. The Hall–Kier alpha value is -1.85. The van der Waals surface area contributed by atoms with E-state index in [0.29, 0.717) is 34.9 Å². The Morgan fingerprint density at radius 2 is 1.87 bits per heavy atom. The Morgan fingerprint density at radius 1 is 1.13 bits per heavy atom. The number of sulfone groups is 1. The molecule has 1 aliphatic heterocycles. The van der Waals surface area contributed by atoms with Gasteiger partial charge in [-0.15, -0.1) is 0 Å².